The molecular formula is C24H25N3O3. The highest BCUT2D eigenvalue weighted by molar-refractivity contribution is 6.36. The first-order chi connectivity index (χ1) is 14.7. The van der Waals surface area contributed by atoms with Crippen LogP contribution < -0.4 is 10.6 Å². The molecule has 2 N–H and O–H groups in total. The number of hydrogen-bond acceptors (Lipinski definition) is 4. The number of carbonyl (C=O) groups is 2. The highest BCUT2D eigenvalue weighted by Gasteiger charge is 2.32. The van der Waals surface area contributed by atoms with Crippen molar-refractivity contribution in [1.82, 2.24) is 10.2 Å². The molecule has 154 valence electrons. The first-order valence-electron chi connectivity index (χ1n) is 10.6. The summed E-state index contributed by atoms with van der Waals surface area (Å²) in [7, 11) is 0. The van der Waals surface area contributed by atoms with Gasteiger partial charge in [-0.15, -0.1) is 0 Å². The summed E-state index contributed by atoms with van der Waals surface area (Å²) < 4.78 is 5.91. The Morgan fingerprint density at radius 2 is 1.90 bits per heavy atom. The second-order valence-corrected chi connectivity index (χ2v) is 8.02. The lowest BCUT2D eigenvalue weighted by atomic mass is 9.99. The SMILES string of the molecule is O=C1Nc2ccccc2C1=C1OCc2cc(C(=O)NCCN3CCCCC3)ccc21. The lowest BCUT2D eigenvalue weighted by Crippen LogP contribution is -2.37. The molecule has 2 aromatic carbocycles. The molecule has 6 nitrogen and oxygen atoms in total. The third-order valence-corrected chi connectivity index (χ3v) is 6.05. The van der Waals surface area contributed by atoms with Crippen LogP contribution in [0.4, 0.5) is 5.69 Å². The summed E-state index contributed by atoms with van der Waals surface area (Å²) >= 11 is 0. The molecule has 0 bridgehead atoms. The van der Waals surface area contributed by atoms with Crippen LogP contribution in [0.5, 0.6) is 0 Å². The lowest BCUT2D eigenvalue weighted by molar-refractivity contribution is -0.110. The maximum atomic E-state index is 12.6. The van der Waals surface area contributed by atoms with Crippen LogP contribution in [0.25, 0.3) is 11.3 Å². The summed E-state index contributed by atoms with van der Waals surface area (Å²) in [5.41, 5.74) is 4.64. The van der Waals surface area contributed by atoms with Gasteiger partial charge in [-0.05, 0) is 44.1 Å². The largest absolute Gasteiger partial charge is 0.487 e. The van der Waals surface area contributed by atoms with Crippen molar-refractivity contribution in [1.29, 1.82) is 0 Å². The molecule has 0 saturated carbocycles. The van der Waals surface area contributed by atoms with Crippen molar-refractivity contribution in [2.45, 2.75) is 25.9 Å². The number of benzene rings is 2. The van der Waals surface area contributed by atoms with E-state index in [-0.39, 0.29) is 11.8 Å². The van der Waals surface area contributed by atoms with Gasteiger partial charge in [0, 0.05) is 41.0 Å². The molecule has 0 spiro atoms. The van der Waals surface area contributed by atoms with Gasteiger partial charge in [0.25, 0.3) is 11.8 Å². The zero-order chi connectivity index (χ0) is 20.5. The van der Waals surface area contributed by atoms with Crippen LogP contribution in [-0.4, -0.2) is 42.9 Å². The van der Waals surface area contributed by atoms with E-state index in [4.69, 9.17) is 4.74 Å². The van der Waals surface area contributed by atoms with Gasteiger partial charge >= 0.3 is 0 Å². The van der Waals surface area contributed by atoms with Crippen molar-refractivity contribution < 1.29 is 14.3 Å². The van der Waals surface area contributed by atoms with E-state index in [1.807, 2.05) is 42.5 Å². The molecule has 2 aromatic rings. The number of hydrogen-bond donors (Lipinski definition) is 2. The number of amides is 2. The minimum absolute atomic E-state index is 0.0696. The first-order valence-corrected chi connectivity index (χ1v) is 10.6. The molecule has 0 atom stereocenters. The number of carbonyl (C=O) groups excluding carboxylic acids is 2. The number of nitrogens with zero attached hydrogens (tertiary/aromatic N) is 1. The van der Waals surface area contributed by atoms with Gasteiger partial charge in [-0.1, -0.05) is 30.7 Å². The molecule has 30 heavy (non-hydrogen) atoms. The van der Waals surface area contributed by atoms with Crippen molar-refractivity contribution in [2.24, 2.45) is 0 Å². The summed E-state index contributed by atoms with van der Waals surface area (Å²) in [5, 5.41) is 5.92. The number of para-hydroxylation sites is 1. The van der Waals surface area contributed by atoms with Crippen LogP contribution in [0.15, 0.2) is 42.5 Å². The van der Waals surface area contributed by atoms with Gasteiger partial charge in [0.2, 0.25) is 0 Å². The Morgan fingerprint density at radius 3 is 2.77 bits per heavy atom. The van der Waals surface area contributed by atoms with Gasteiger partial charge < -0.3 is 20.3 Å². The van der Waals surface area contributed by atoms with Crippen LogP contribution in [0.3, 0.4) is 0 Å². The molecule has 0 unspecified atom stereocenters. The van der Waals surface area contributed by atoms with Crippen molar-refractivity contribution in [3.05, 3.63) is 64.7 Å². The highest BCUT2D eigenvalue weighted by Crippen LogP contribution is 2.41. The van der Waals surface area contributed by atoms with Crippen LogP contribution in [0, 0.1) is 0 Å². The standard InChI is InChI=1S/C24H25N3O3/c28-23(25-10-13-27-11-4-1-5-12-27)16-8-9-18-17(14-16)15-30-22(18)21-19-6-2-3-7-20(19)26-24(21)29/h2-3,6-9,14H,1,4-5,10-13,15H2,(H,25,28)(H,26,29). The van der Waals surface area contributed by atoms with Gasteiger partial charge in [0.15, 0.2) is 0 Å². The number of anilines is 1. The fourth-order valence-electron chi connectivity index (χ4n) is 4.47. The number of likely N-dealkylation sites (tertiary alicyclic amines) is 1. The van der Waals surface area contributed by atoms with E-state index in [9.17, 15) is 9.59 Å². The Hall–Kier alpha value is -3.12. The average molecular weight is 403 g/mol. The van der Waals surface area contributed by atoms with Crippen LogP contribution >= 0.6 is 0 Å². The lowest BCUT2D eigenvalue weighted by Gasteiger charge is -2.26. The summed E-state index contributed by atoms with van der Waals surface area (Å²) in [6.45, 7) is 4.15. The molecule has 0 aromatic heterocycles. The van der Waals surface area contributed by atoms with Gasteiger partial charge in [-0.3, -0.25) is 9.59 Å². The van der Waals surface area contributed by atoms with Gasteiger partial charge in [0.05, 0.1) is 5.57 Å². The third kappa shape index (κ3) is 3.48. The maximum Gasteiger partial charge on any atom is 0.260 e. The Bertz CT molecular complexity index is 1040. The predicted molar refractivity (Wildman–Crippen MR) is 116 cm³/mol. The number of nitrogens with one attached hydrogen (secondary N) is 2. The summed E-state index contributed by atoms with van der Waals surface area (Å²) in [6.07, 6.45) is 3.81. The highest BCUT2D eigenvalue weighted by atomic mass is 16.5. The van der Waals surface area contributed by atoms with E-state index in [0.717, 1.165) is 42.0 Å². The van der Waals surface area contributed by atoms with E-state index < -0.39 is 0 Å². The van der Waals surface area contributed by atoms with Crippen molar-refractivity contribution in [2.75, 3.05) is 31.5 Å². The number of fused-ring (bicyclic) bond motifs is 2. The molecule has 3 aliphatic heterocycles. The van der Waals surface area contributed by atoms with E-state index in [2.05, 4.69) is 15.5 Å². The molecular weight excluding hydrogens is 378 g/mol. The van der Waals surface area contributed by atoms with E-state index in [1.54, 1.807) is 0 Å². The van der Waals surface area contributed by atoms with Crippen molar-refractivity contribution in [3.8, 4) is 0 Å². The van der Waals surface area contributed by atoms with Gasteiger partial charge in [-0.25, -0.2) is 0 Å². The number of piperidine rings is 1. The molecule has 5 rings (SSSR count). The second-order valence-electron chi connectivity index (χ2n) is 8.02. The normalized spacial score (nSPS) is 20.3. The number of ether oxygens (including phenoxy) is 1. The Morgan fingerprint density at radius 1 is 1.07 bits per heavy atom. The fraction of sp³-hybridized carbons (Fsp3) is 0.333. The molecule has 1 saturated heterocycles. The molecule has 0 aliphatic carbocycles. The van der Waals surface area contributed by atoms with E-state index in [1.165, 1.54) is 19.3 Å². The molecule has 6 heteroatoms. The minimum atomic E-state index is -0.154. The topological polar surface area (TPSA) is 70.7 Å². The van der Waals surface area contributed by atoms with Crippen LogP contribution in [0.2, 0.25) is 0 Å². The Balaban J connectivity index is 1.32. The average Bonchev–Trinajstić information content (AvgIpc) is 3.33. The summed E-state index contributed by atoms with van der Waals surface area (Å²) in [6, 6.07) is 13.2. The predicted octanol–water partition coefficient (Wildman–Crippen LogP) is 3.25. The molecule has 0 radical (unpaired) electrons. The van der Waals surface area contributed by atoms with Crippen molar-refractivity contribution in [3.63, 3.8) is 0 Å². The molecule has 2 amide bonds. The smallest absolute Gasteiger partial charge is 0.260 e. The van der Waals surface area contributed by atoms with E-state index in [0.29, 0.717) is 30.0 Å². The minimum Gasteiger partial charge on any atom is -0.487 e. The second kappa shape index (κ2) is 7.95. The van der Waals surface area contributed by atoms with Crippen molar-refractivity contribution >= 4 is 28.8 Å². The quantitative estimate of drug-likeness (QED) is 0.769. The molecule has 1 fully saturated rings. The van der Waals surface area contributed by atoms with Crippen LogP contribution in [-0.2, 0) is 16.1 Å². The third-order valence-electron chi connectivity index (χ3n) is 6.05. The maximum absolute atomic E-state index is 12.6. The van der Waals surface area contributed by atoms with E-state index >= 15 is 0 Å². The molecule has 3 heterocycles. The van der Waals surface area contributed by atoms with Gasteiger partial charge in [0.1, 0.15) is 12.4 Å². The number of rotatable bonds is 4. The monoisotopic (exact) mass is 403 g/mol. The van der Waals surface area contributed by atoms with Gasteiger partial charge in [-0.2, -0.15) is 0 Å². The fourth-order valence-corrected chi connectivity index (χ4v) is 4.47. The Kier molecular flexibility index (Phi) is 5.01. The first kappa shape index (κ1) is 18.9. The zero-order valence-electron chi connectivity index (χ0n) is 16.9. The molecule has 3 aliphatic rings. The summed E-state index contributed by atoms with van der Waals surface area (Å²) in [5.74, 6) is 0.364. The summed E-state index contributed by atoms with van der Waals surface area (Å²) in [4.78, 5) is 27.5. The zero-order valence-corrected chi connectivity index (χ0v) is 16.9. The van der Waals surface area contributed by atoms with Crippen LogP contribution in [0.1, 0.15) is 46.3 Å². The Labute approximate surface area is 175 Å².